The third-order valence-electron chi connectivity index (χ3n) is 3.00. The molecule has 0 aliphatic rings. The second kappa shape index (κ2) is 7.42. The lowest BCUT2D eigenvalue weighted by molar-refractivity contribution is -0.139. The van der Waals surface area contributed by atoms with Crippen molar-refractivity contribution in [2.75, 3.05) is 11.3 Å². The Hall–Kier alpha value is -1.77. The third kappa shape index (κ3) is 4.62. The average molecular weight is 435 g/mol. The highest BCUT2D eigenvalue weighted by Gasteiger charge is 2.17. The standard InChI is InChI=1S/C15H13BrClNO5S/c1-9-6-10(16)2-4-13(9)18-24(21,22)11-3-5-14(12(17)7-11)23-8-15(19)20/h2-7,18H,8H2,1H3,(H,19,20). The number of carboxylic acids is 1. The highest BCUT2D eigenvalue weighted by molar-refractivity contribution is 9.10. The van der Waals surface area contributed by atoms with Crippen molar-refractivity contribution < 1.29 is 23.1 Å². The summed E-state index contributed by atoms with van der Waals surface area (Å²) in [5.41, 5.74) is 1.20. The maximum absolute atomic E-state index is 12.5. The maximum Gasteiger partial charge on any atom is 0.341 e. The number of anilines is 1. The van der Waals surface area contributed by atoms with Crippen LogP contribution in [0.3, 0.4) is 0 Å². The summed E-state index contributed by atoms with van der Waals surface area (Å²) in [6.07, 6.45) is 0. The number of aryl methyl sites for hydroxylation is 1. The Morgan fingerprint density at radius 1 is 1.29 bits per heavy atom. The largest absolute Gasteiger partial charge is 0.480 e. The lowest BCUT2D eigenvalue weighted by Crippen LogP contribution is -2.14. The van der Waals surface area contributed by atoms with Crippen LogP contribution in [0, 0.1) is 6.92 Å². The summed E-state index contributed by atoms with van der Waals surface area (Å²) in [6, 6.07) is 8.96. The molecule has 0 fully saturated rings. The molecular formula is C15H13BrClNO5S. The van der Waals surface area contributed by atoms with Crippen molar-refractivity contribution in [2.45, 2.75) is 11.8 Å². The lowest BCUT2D eigenvalue weighted by Gasteiger charge is -2.12. The van der Waals surface area contributed by atoms with Gasteiger partial charge in [-0.25, -0.2) is 13.2 Å². The Labute approximate surface area is 152 Å². The van der Waals surface area contributed by atoms with Crippen molar-refractivity contribution in [3.05, 3.63) is 51.5 Å². The van der Waals surface area contributed by atoms with E-state index in [0.717, 1.165) is 10.0 Å². The molecule has 6 nitrogen and oxygen atoms in total. The summed E-state index contributed by atoms with van der Waals surface area (Å²) in [5, 5.41) is 8.59. The monoisotopic (exact) mass is 433 g/mol. The predicted octanol–water partition coefficient (Wildman–Crippen LogP) is 3.68. The Bertz CT molecular complexity index is 885. The second-order valence-electron chi connectivity index (χ2n) is 4.84. The number of carbonyl (C=O) groups is 1. The molecule has 0 atom stereocenters. The first-order chi connectivity index (χ1) is 11.2. The average Bonchev–Trinajstić information content (AvgIpc) is 2.48. The molecule has 24 heavy (non-hydrogen) atoms. The van der Waals surface area contributed by atoms with Crippen LogP contribution in [0.5, 0.6) is 5.75 Å². The van der Waals surface area contributed by atoms with Crippen LogP contribution in [0.4, 0.5) is 5.69 Å². The summed E-state index contributed by atoms with van der Waals surface area (Å²) in [6.45, 7) is 1.21. The molecule has 128 valence electrons. The van der Waals surface area contributed by atoms with Gasteiger partial charge in [-0.2, -0.15) is 0 Å². The van der Waals surface area contributed by atoms with Crippen LogP contribution in [0.15, 0.2) is 45.8 Å². The molecule has 9 heteroatoms. The normalized spacial score (nSPS) is 11.1. The van der Waals surface area contributed by atoms with Crippen molar-refractivity contribution in [1.82, 2.24) is 0 Å². The summed E-state index contributed by atoms with van der Waals surface area (Å²) < 4.78 is 33.2. The van der Waals surface area contributed by atoms with E-state index < -0.39 is 22.6 Å². The zero-order valence-electron chi connectivity index (χ0n) is 12.4. The van der Waals surface area contributed by atoms with Gasteiger partial charge in [0, 0.05) is 4.47 Å². The van der Waals surface area contributed by atoms with E-state index in [-0.39, 0.29) is 15.7 Å². The topological polar surface area (TPSA) is 92.7 Å². The van der Waals surface area contributed by atoms with Gasteiger partial charge in [0.1, 0.15) is 5.75 Å². The second-order valence-corrected chi connectivity index (χ2v) is 7.84. The van der Waals surface area contributed by atoms with Gasteiger partial charge in [0.2, 0.25) is 0 Å². The lowest BCUT2D eigenvalue weighted by atomic mass is 10.2. The van der Waals surface area contributed by atoms with Gasteiger partial charge in [0.05, 0.1) is 15.6 Å². The fourth-order valence-electron chi connectivity index (χ4n) is 1.85. The van der Waals surface area contributed by atoms with Crippen molar-refractivity contribution in [3.63, 3.8) is 0 Å². The SMILES string of the molecule is Cc1cc(Br)ccc1NS(=O)(=O)c1ccc(OCC(=O)O)c(Cl)c1. The Morgan fingerprint density at radius 2 is 2.00 bits per heavy atom. The molecule has 0 amide bonds. The van der Waals surface area contributed by atoms with E-state index in [2.05, 4.69) is 20.7 Å². The van der Waals surface area contributed by atoms with Gasteiger partial charge in [-0.3, -0.25) is 4.72 Å². The van der Waals surface area contributed by atoms with Crippen LogP contribution in [0.25, 0.3) is 0 Å². The number of rotatable bonds is 6. The van der Waals surface area contributed by atoms with Gasteiger partial charge in [0.25, 0.3) is 10.0 Å². The smallest absolute Gasteiger partial charge is 0.341 e. The van der Waals surface area contributed by atoms with E-state index in [9.17, 15) is 13.2 Å². The molecule has 0 saturated heterocycles. The number of sulfonamides is 1. The van der Waals surface area contributed by atoms with Gasteiger partial charge < -0.3 is 9.84 Å². The molecule has 2 rings (SSSR count). The first-order valence-corrected chi connectivity index (χ1v) is 9.27. The quantitative estimate of drug-likeness (QED) is 0.723. The van der Waals surface area contributed by atoms with Crippen molar-refractivity contribution in [2.24, 2.45) is 0 Å². The third-order valence-corrected chi connectivity index (χ3v) is 5.15. The van der Waals surface area contributed by atoms with Crippen LogP contribution in [-0.2, 0) is 14.8 Å². The molecule has 0 unspecified atom stereocenters. The molecule has 0 radical (unpaired) electrons. The zero-order valence-corrected chi connectivity index (χ0v) is 15.6. The van der Waals surface area contributed by atoms with Crippen molar-refractivity contribution >= 4 is 49.2 Å². The molecule has 2 N–H and O–H groups in total. The minimum absolute atomic E-state index is 0.00616. The van der Waals surface area contributed by atoms with Crippen LogP contribution in [-0.4, -0.2) is 26.1 Å². The summed E-state index contributed by atoms with van der Waals surface area (Å²) in [5.74, 6) is -1.06. The minimum atomic E-state index is -3.84. The molecule has 2 aromatic carbocycles. The van der Waals surface area contributed by atoms with Crippen LogP contribution in [0.2, 0.25) is 5.02 Å². The zero-order chi connectivity index (χ0) is 17.9. The highest BCUT2D eigenvalue weighted by Crippen LogP contribution is 2.29. The highest BCUT2D eigenvalue weighted by atomic mass is 79.9. The number of benzene rings is 2. The minimum Gasteiger partial charge on any atom is -0.480 e. The number of nitrogens with one attached hydrogen (secondary N) is 1. The van der Waals surface area contributed by atoms with E-state index in [0.29, 0.717) is 5.69 Å². The molecule has 0 aliphatic heterocycles. The van der Waals surface area contributed by atoms with E-state index >= 15 is 0 Å². The molecular weight excluding hydrogens is 422 g/mol. The van der Waals surface area contributed by atoms with Gasteiger partial charge in [0.15, 0.2) is 6.61 Å². The van der Waals surface area contributed by atoms with Gasteiger partial charge in [-0.15, -0.1) is 0 Å². The van der Waals surface area contributed by atoms with Crippen LogP contribution >= 0.6 is 27.5 Å². The summed E-state index contributed by atoms with van der Waals surface area (Å²) in [7, 11) is -3.84. The van der Waals surface area contributed by atoms with Crippen LogP contribution in [0.1, 0.15) is 5.56 Å². The van der Waals surface area contributed by atoms with Crippen LogP contribution < -0.4 is 9.46 Å². The van der Waals surface area contributed by atoms with E-state index in [1.54, 1.807) is 25.1 Å². The van der Waals surface area contributed by atoms with E-state index in [1.807, 2.05) is 0 Å². The summed E-state index contributed by atoms with van der Waals surface area (Å²) >= 11 is 9.27. The number of hydrogen-bond acceptors (Lipinski definition) is 4. The first kappa shape index (κ1) is 18.6. The molecule has 2 aromatic rings. The van der Waals surface area contributed by atoms with E-state index in [4.69, 9.17) is 21.4 Å². The van der Waals surface area contributed by atoms with Gasteiger partial charge >= 0.3 is 5.97 Å². The number of hydrogen-bond donors (Lipinski definition) is 2. The fraction of sp³-hybridized carbons (Fsp3) is 0.133. The van der Waals surface area contributed by atoms with Crippen molar-refractivity contribution in [3.8, 4) is 5.75 Å². The fourth-order valence-corrected chi connectivity index (χ4v) is 3.78. The maximum atomic E-state index is 12.5. The molecule has 0 bridgehead atoms. The van der Waals surface area contributed by atoms with E-state index in [1.165, 1.54) is 18.2 Å². The molecule has 0 aliphatic carbocycles. The molecule has 0 spiro atoms. The Kier molecular flexibility index (Phi) is 5.74. The summed E-state index contributed by atoms with van der Waals surface area (Å²) in [4.78, 5) is 10.4. The number of ether oxygens (including phenoxy) is 1. The van der Waals surface area contributed by atoms with Gasteiger partial charge in [-0.05, 0) is 48.9 Å². The Balaban J connectivity index is 2.26. The van der Waals surface area contributed by atoms with Crippen molar-refractivity contribution in [1.29, 1.82) is 0 Å². The predicted molar refractivity (Wildman–Crippen MR) is 94.3 cm³/mol. The first-order valence-electron chi connectivity index (χ1n) is 6.62. The number of halogens is 2. The molecule has 0 heterocycles. The molecule has 0 aromatic heterocycles. The molecule has 0 saturated carbocycles. The Morgan fingerprint density at radius 3 is 2.58 bits per heavy atom. The van der Waals surface area contributed by atoms with Gasteiger partial charge in [-0.1, -0.05) is 27.5 Å². The number of carboxylic acid groups (broad SMARTS) is 1. The number of aliphatic carboxylic acids is 1.